The molecule has 128 valence electrons. The first-order valence-corrected chi connectivity index (χ1v) is 8.57. The molecule has 3 nitrogen and oxygen atoms in total. The molecule has 2 aromatic rings. The smallest absolute Gasteiger partial charge is 0.265 e. The molecule has 0 aliphatic rings. The largest absolute Gasteiger partial charge is 0.481 e. The third kappa shape index (κ3) is 4.43. The van der Waals surface area contributed by atoms with Crippen molar-refractivity contribution >= 4 is 34.8 Å². The summed E-state index contributed by atoms with van der Waals surface area (Å²) in [5, 5.41) is 3.46. The fourth-order valence-corrected chi connectivity index (χ4v) is 2.65. The summed E-state index contributed by atoms with van der Waals surface area (Å²) in [6, 6.07) is 11.1. The van der Waals surface area contributed by atoms with Gasteiger partial charge in [0.25, 0.3) is 5.91 Å². The first-order valence-electron chi connectivity index (χ1n) is 7.81. The van der Waals surface area contributed by atoms with Gasteiger partial charge in [0.15, 0.2) is 6.10 Å². The van der Waals surface area contributed by atoms with Gasteiger partial charge in [-0.1, -0.05) is 55.2 Å². The summed E-state index contributed by atoms with van der Waals surface area (Å²) < 4.78 is 5.90. The predicted octanol–water partition coefficient (Wildman–Crippen LogP) is 5.83. The number of anilines is 1. The van der Waals surface area contributed by atoms with Gasteiger partial charge in [0, 0.05) is 0 Å². The molecular formula is C19H21Cl2NO2. The second-order valence-corrected chi connectivity index (χ2v) is 6.83. The summed E-state index contributed by atoms with van der Waals surface area (Å²) in [6.45, 7) is 7.88. The molecule has 5 heteroatoms. The topological polar surface area (TPSA) is 38.3 Å². The zero-order valence-corrected chi connectivity index (χ0v) is 15.7. The fourth-order valence-electron chi connectivity index (χ4n) is 2.30. The van der Waals surface area contributed by atoms with Crippen molar-refractivity contribution < 1.29 is 9.53 Å². The van der Waals surface area contributed by atoms with Crippen molar-refractivity contribution in [3.8, 4) is 5.75 Å². The van der Waals surface area contributed by atoms with Crippen LogP contribution in [0.25, 0.3) is 0 Å². The number of nitrogens with one attached hydrogen (secondary N) is 1. The maximum absolute atomic E-state index is 12.4. The second kappa shape index (κ2) is 7.91. The molecule has 0 aliphatic carbocycles. The minimum atomic E-state index is -0.667. The van der Waals surface area contributed by atoms with Crippen LogP contribution in [0.2, 0.25) is 10.0 Å². The quantitative estimate of drug-likeness (QED) is 0.723. The molecule has 0 heterocycles. The van der Waals surface area contributed by atoms with Crippen molar-refractivity contribution in [1.82, 2.24) is 0 Å². The summed E-state index contributed by atoms with van der Waals surface area (Å²) in [5.41, 5.74) is 2.62. The molecule has 2 aromatic carbocycles. The van der Waals surface area contributed by atoms with Gasteiger partial charge in [-0.15, -0.1) is 0 Å². The van der Waals surface area contributed by atoms with E-state index in [-0.39, 0.29) is 5.91 Å². The number of hydrogen-bond acceptors (Lipinski definition) is 2. The van der Waals surface area contributed by atoms with Crippen LogP contribution in [0.3, 0.4) is 0 Å². The van der Waals surface area contributed by atoms with E-state index in [1.807, 2.05) is 25.1 Å². The Morgan fingerprint density at radius 1 is 1.12 bits per heavy atom. The van der Waals surface area contributed by atoms with Gasteiger partial charge in [-0.25, -0.2) is 0 Å². The van der Waals surface area contributed by atoms with Crippen LogP contribution in [-0.2, 0) is 4.79 Å². The lowest BCUT2D eigenvalue weighted by molar-refractivity contribution is -0.122. The van der Waals surface area contributed by atoms with E-state index in [4.69, 9.17) is 27.9 Å². The van der Waals surface area contributed by atoms with E-state index in [2.05, 4.69) is 19.2 Å². The number of carbonyl (C=O) groups excluding carboxylic acids is 1. The molecule has 0 saturated heterocycles. The number of halogens is 2. The summed E-state index contributed by atoms with van der Waals surface area (Å²) >= 11 is 12.1. The number of hydrogen-bond donors (Lipinski definition) is 1. The Bertz CT molecular complexity index is 744. The third-order valence-electron chi connectivity index (χ3n) is 3.67. The minimum Gasteiger partial charge on any atom is -0.481 e. The molecule has 0 saturated carbocycles. The molecular weight excluding hydrogens is 345 g/mol. The summed E-state index contributed by atoms with van der Waals surface area (Å²) in [6.07, 6.45) is -0.667. The van der Waals surface area contributed by atoms with Gasteiger partial charge >= 0.3 is 0 Å². The molecule has 24 heavy (non-hydrogen) atoms. The summed E-state index contributed by atoms with van der Waals surface area (Å²) in [7, 11) is 0. The highest BCUT2D eigenvalue weighted by atomic mass is 35.5. The van der Waals surface area contributed by atoms with Gasteiger partial charge in [0.2, 0.25) is 0 Å². The van der Waals surface area contributed by atoms with E-state index in [9.17, 15) is 4.79 Å². The number of benzene rings is 2. The van der Waals surface area contributed by atoms with Gasteiger partial charge in [0.1, 0.15) is 5.75 Å². The zero-order valence-electron chi connectivity index (χ0n) is 14.2. The van der Waals surface area contributed by atoms with Gasteiger partial charge in [-0.05, 0) is 49.1 Å². The zero-order chi connectivity index (χ0) is 17.9. The van der Waals surface area contributed by atoms with Crippen LogP contribution in [0.4, 0.5) is 5.69 Å². The highest BCUT2D eigenvalue weighted by Crippen LogP contribution is 2.31. The molecule has 2 rings (SSSR count). The number of rotatable bonds is 5. The second-order valence-electron chi connectivity index (χ2n) is 6.05. The van der Waals surface area contributed by atoms with Crippen molar-refractivity contribution in [2.75, 3.05) is 5.32 Å². The van der Waals surface area contributed by atoms with E-state index >= 15 is 0 Å². The lowest BCUT2D eigenvalue weighted by atomic mass is 10.0. The maximum atomic E-state index is 12.4. The molecule has 0 aliphatic heterocycles. The van der Waals surface area contributed by atoms with Crippen molar-refractivity contribution in [1.29, 1.82) is 0 Å². The maximum Gasteiger partial charge on any atom is 0.265 e. The number of carbonyl (C=O) groups is 1. The van der Waals surface area contributed by atoms with Crippen LogP contribution in [0.5, 0.6) is 5.75 Å². The van der Waals surface area contributed by atoms with Crippen molar-refractivity contribution in [3.63, 3.8) is 0 Å². The lowest BCUT2D eigenvalue weighted by Gasteiger charge is -2.19. The highest BCUT2D eigenvalue weighted by Gasteiger charge is 2.19. The Hall–Kier alpha value is -1.71. The van der Waals surface area contributed by atoms with E-state index in [1.165, 1.54) is 0 Å². The van der Waals surface area contributed by atoms with Gasteiger partial charge in [0.05, 0.1) is 15.7 Å². The average molecular weight is 366 g/mol. The molecule has 0 spiro atoms. The molecule has 0 bridgehead atoms. The van der Waals surface area contributed by atoms with E-state index in [0.29, 0.717) is 21.7 Å². The van der Waals surface area contributed by atoms with Crippen molar-refractivity contribution in [2.24, 2.45) is 0 Å². The normalized spacial score (nSPS) is 12.1. The van der Waals surface area contributed by atoms with E-state index < -0.39 is 6.10 Å². The molecule has 0 unspecified atom stereocenters. The molecule has 0 aromatic heterocycles. The molecule has 1 N–H and O–H groups in total. The van der Waals surface area contributed by atoms with Crippen LogP contribution in [-0.4, -0.2) is 12.0 Å². The Morgan fingerprint density at radius 2 is 1.83 bits per heavy atom. The van der Waals surface area contributed by atoms with E-state index in [0.717, 1.165) is 16.9 Å². The Kier molecular flexibility index (Phi) is 6.14. The van der Waals surface area contributed by atoms with Gasteiger partial charge < -0.3 is 10.1 Å². The predicted molar refractivity (Wildman–Crippen MR) is 100 cm³/mol. The number of aryl methyl sites for hydroxylation is 1. The van der Waals surface area contributed by atoms with Crippen LogP contribution in [0.1, 0.15) is 37.8 Å². The molecule has 0 radical (unpaired) electrons. The molecule has 1 atom stereocenters. The van der Waals surface area contributed by atoms with Crippen LogP contribution < -0.4 is 10.1 Å². The molecule has 0 fully saturated rings. The van der Waals surface area contributed by atoms with Gasteiger partial charge in [-0.2, -0.15) is 0 Å². The SMILES string of the molecule is Cc1ccc(C(C)C)c(O[C@@H](C)C(=O)Nc2cccc(Cl)c2Cl)c1. The molecule has 1 amide bonds. The van der Waals surface area contributed by atoms with Crippen molar-refractivity contribution in [3.05, 3.63) is 57.6 Å². The minimum absolute atomic E-state index is 0.282. The number of amides is 1. The van der Waals surface area contributed by atoms with Crippen LogP contribution in [0.15, 0.2) is 36.4 Å². The first-order chi connectivity index (χ1) is 11.3. The summed E-state index contributed by atoms with van der Waals surface area (Å²) in [4.78, 5) is 12.4. The van der Waals surface area contributed by atoms with Gasteiger partial charge in [-0.3, -0.25) is 4.79 Å². The van der Waals surface area contributed by atoms with Crippen LogP contribution >= 0.6 is 23.2 Å². The summed E-state index contributed by atoms with van der Waals surface area (Å²) in [5.74, 6) is 0.749. The van der Waals surface area contributed by atoms with E-state index in [1.54, 1.807) is 25.1 Å². The standard InChI is InChI=1S/C19H21Cl2NO2/c1-11(2)14-9-8-12(3)10-17(14)24-13(4)19(23)22-16-7-5-6-15(20)18(16)21/h5-11,13H,1-4H3,(H,22,23)/t13-/m0/s1. The van der Waals surface area contributed by atoms with Crippen molar-refractivity contribution in [2.45, 2.75) is 39.7 Å². The number of ether oxygens (including phenoxy) is 1. The Balaban J connectivity index is 2.15. The first kappa shape index (κ1) is 18.6. The highest BCUT2D eigenvalue weighted by molar-refractivity contribution is 6.44. The Labute approximate surface area is 152 Å². The lowest BCUT2D eigenvalue weighted by Crippen LogP contribution is -2.30. The fraction of sp³-hybridized carbons (Fsp3) is 0.316. The monoisotopic (exact) mass is 365 g/mol. The van der Waals surface area contributed by atoms with Crippen LogP contribution in [0, 0.1) is 6.92 Å². The average Bonchev–Trinajstić information content (AvgIpc) is 2.51. The third-order valence-corrected chi connectivity index (χ3v) is 4.49. The Morgan fingerprint density at radius 3 is 2.50 bits per heavy atom.